The van der Waals surface area contributed by atoms with E-state index in [-0.39, 0.29) is 17.3 Å². The van der Waals surface area contributed by atoms with Crippen molar-refractivity contribution in [1.29, 1.82) is 0 Å². The van der Waals surface area contributed by atoms with Crippen LogP contribution in [0.3, 0.4) is 0 Å². The van der Waals surface area contributed by atoms with Gasteiger partial charge in [0.25, 0.3) is 0 Å². The number of phenolic OH excluding ortho intramolecular Hbond substituents is 1. The van der Waals surface area contributed by atoms with E-state index in [0.29, 0.717) is 23.8 Å². The first-order chi connectivity index (χ1) is 10.9. The zero-order chi connectivity index (χ0) is 16.4. The molecular formula is C20H28O3. The van der Waals surface area contributed by atoms with Crippen LogP contribution in [0.4, 0.5) is 0 Å². The third-order valence-corrected chi connectivity index (χ3v) is 6.73. The Morgan fingerprint density at radius 1 is 1.26 bits per heavy atom. The maximum Gasteiger partial charge on any atom is 0.211 e. The van der Waals surface area contributed by atoms with Gasteiger partial charge in [-0.2, -0.15) is 0 Å². The van der Waals surface area contributed by atoms with Gasteiger partial charge in [-0.15, -0.1) is 0 Å². The predicted molar refractivity (Wildman–Crippen MR) is 89.6 cm³/mol. The Kier molecular flexibility index (Phi) is 3.26. The summed E-state index contributed by atoms with van der Waals surface area (Å²) >= 11 is 0. The second-order valence-electron chi connectivity index (χ2n) is 8.40. The van der Waals surface area contributed by atoms with Gasteiger partial charge in [0, 0.05) is 23.8 Å². The Balaban J connectivity index is 1.73. The van der Waals surface area contributed by atoms with E-state index >= 15 is 0 Å². The third kappa shape index (κ3) is 1.98. The van der Waals surface area contributed by atoms with Gasteiger partial charge in [0.05, 0.1) is 0 Å². The van der Waals surface area contributed by atoms with Crippen molar-refractivity contribution in [3.63, 3.8) is 0 Å². The molecule has 1 unspecified atom stereocenters. The van der Waals surface area contributed by atoms with Crippen molar-refractivity contribution in [3.05, 3.63) is 23.3 Å². The number of unbranched alkanes of at least 4 members (excludes halogenated alkanes) is 2. The van der Waals surface area contributed by atoms with Crippen molar-refractivity contribution in [3.8, 4) is 11.5 Å². The summed E-state index contributed by atoms with van der Waals surface area (Å²) in [5.74, 6) is 0.893. The molecule has 1 aromatic carbocycles. The van der Waals surface area contributed by atoms with Crippen LogP contribution in [0.5, 0.6) is 11.5 Å². The lowest BCUT2D eigenvalue weighted by Gasteiger charge is -2.61. The number of aryl methyl sites for hydroxylation is 1. The molecule has 1 aromatic rings. The van der Waals surface area contributed by atoms with E-state index in [2.05, 4.69) is 26.8 Å². The molecule has 3 nitrogen and oxygen atoms in total. The van der Waals surface area contributed by atoms with Gasteiger partial charge in [0.15, 0.2) is 0 Å². The highest BCUT2D eigenvalue weighted by molar-refractivity contribution is 5.54. The van der Waals surface area contributed by atoms with Crippen molar-refractivity contribution in [2.24, 2.45) is 17.3 Å². The van der Waals surface area contributed by atoms with Gasteiger partial charge < -0.3 is 14.9 Å². The highest BCUT2D eigenvalue weighted by atomic mass is 16.6. The monoisotopic (exact) mass is 316 g/mol. The number of ether oxygens (including phenoxy) is 1. The lowest BCUT2D eigenvalue weighted by molar-refractivity contribution is -0.234. The molecular weight excluding hydrogens is 288 g/mol. The van der Waals surface area contributed by atoms with Crippen molar-refractivity contribution in [2.45, 2.75) is 71.0 Å². The minimum absolute atomic E-state index is 0.120. The molecule has 126 valence electrons. The maximum absolute atomic E-state index is 11.0. The van der Waals surface area contributed by atoms with Crippen LogP contribution in [0.15, 0.2) is 12.1 Å². The van der Waals surface area contributed by atoms with E-state index in [0.717, 1.165) is 30.4 Å². The van der Waals surface area contributed by atoms with E-state index < -0.39 is 5.79 Å². The number of hydrogen-bond acceptors (Lipinski definition) is 3. The summed E-state index contributed by atoms with van der Waals surface area (Å²) in [6.07, 6.45) is 6.19. The van der Waals surface area contributed by atoms with Crippen LogP contribution in [0.2, 0.25) is 0 Å². The van der Waals surface area contributed by atoms with Crippen molar-refractivity contribution < 1.29 is 14.9 Å². The Bertz CT molecular complexity index is 636. The summed E-state index contributed by atoms with van der Waals surface area (Å²) in [5, 5.41) is 21.6. The molecule has 2 aliphatic carbocycles. The predicted octanol–water partition coefficient (Wildman–Crippen LogP) is 4.36. The fourth-order valence-corrected chi connectivity index (χ4v) is 5.57. The first-order valence-corrected chi connectivity index (χ1v) is 9.15. The third-order valence-electron chi connectivity index (χ3n) is 6.73. The van der Waals surface area contributed by atoms with Crippen LogP contribution < -0.4 is 4.74 Å². The smallest absolute Gasteiger partial charge is 0.211 e. The summed E-state index contributed by atoms with van der Waals surface area (Å²) in [6, 6.07) is 3.97. The standard InChI is InChI=1S/C20H28O3/c1-4-5-6-7-12-10-14(21)16-15(11-12)23-20(22)9-8-13-17(20)18(16)19(13,2)3/h10-11,13,17-18,21-22H,4-9H2,1-3H3/t13?,17-,18-,20-/m1/s1. The number of hydrogen-bond donors (Lipinski definition) is 2. The first-order valence-electron chi connectivity index (χ1n) is 9.15. The minimum atomic E-state index is -1.02. The van der Waals surface area contributed by atoms with Crippen LogP contribution in [0.25, 0.3) is 0 Å². The summed E-state index contributed by atoms with van der Waals surface area (Å²) in [6.45, 7) is 6.74. The van der Waals surface area contributed by atoms with E-state index in [4.69, 9.17) is 4.74 Å². The van der Waals surface area contributed by atoms with Crippen LogP contribution in [0.1, 0.15) is 69.9 Å². The Labute approximate surface area is 138 Å². The lowest BCUT2D eigenvalue weighted by Crippen LogP contribution is -2.60. The molecule has 1 heterocycles. The fraction of sp³-hybridized carbons (Fsp3) is 0.700. The van der Waals surface area contributed by atoms with Crippen LogP contribution in [-0.4, -0.2) is 16.0 Å². The summed E-state index contributed by atoms with van der Waals surface area (Å²) in [5.41, 5.74) is 2.17. The van der Waals surface area contributed by atoms with Gasteiger partial charge in [-0.3, -0.25) is 0 Å². The fourth-order valence-electron chi connectivity index (χ4n) is 5.57. The second kappa shape index (κ2) is 4.89. The Morgan fingerprint density at radius 2 is 2.04 bits per heavy atom. The van der Waals surface area contributed by atoms with Crippen LogP contribution in [-0.2, 0) is 6.42 Å². The Morgan fingerprint density at radius 3 is 2.78 bits per heavy atom. The van der Waals surface area contributed by atoms with E-state index in [9.17, 15) is 10.2 Å². The van der Waals surface area contributed by atoms with Gasteiger partial charge in [-0.1, -0.05) is 33.6 Å². The number of phenols is 1. The zero-order valence-corrected chi connectivity index (χ0v) is 14.4. The van der Waals surface area contributed by atoms with Gasteiger partial charge in [0.2, 0.25) is 5.79 Å². The summed E-state index contributed by atoms with van der Waals surface area (Å²) in [4.78, 5) is 0. The molecule has 2 N–H and O–H groups in total. The summed E-state index contributed by atoms with van der Waals surface area (Å²) < 4.78 is 6.06. The number of fused-ring (bicyclic) bond motifs is 2. The van der Waals surface area contributed by atoms with E-state index in [1.807, 2.05) is 6.07 Å². The molecule has 0 saturated heterocycles. The topological polar surface area (TPSA) is 49.7 Å². The Hall–Kier alpha value is -1.22. The molecule has 23 heavy (non-hydrogen) atoms. The molecule has 0 amide bonds. The van der Waals surface area contributed by atoms with Crippen LogP contribution in [0, 0.1) is 17.3 Å². The first kappa shape index (κ1) is 15.3. The molecule has 0 bridgehead atoms. The number of rotatable bonds is 4. The number of benzene rings is 1. The van der Waals surface area contributed by atoms with Crippen molar-refractivity contribution >= 4 is 0 Å². The average molecular weight is 316 g/mol. The van der Waals surface area contributed by atoms with E-state index in [1.54, 1.807) is 0 Å². The number of aromatic hydroxyl groups is 1. The van der Waals surface area contributed by atoms with E-state index in [1.165, 1.54) is 12.8 Å². The van der Waals surface area contributed by atoms with Gasteiger partial charge in [0.1, 0.15) is 11.5 Å². The zero-order valence-electron chi connectivity index (χ0n) is 14.4. The molecule has 2 fully saturated rings. The molecule has 2 saturated carbocycles. The largest absolute Gasteiger partial charge is 0.508 e. The van der Waals surface area contributed by atoms with Gasteiger partial charge in [-0.25, -0.2) is 0 Å². The molecule has 0 spiro atoms. The molecule has 3 aliphatic rings. The minimum Gasteiger partial charge on any atom is -0.508 e. The quantitative estimate of drug-likeness (QED) is 0.812. The normalized spacial score (nSPS) is 35.9. The van der Waals surface area contributed by atoms with Gasteiger partial charge >= 0.3 is 0 Å². The highest BCUT2D eigenvalue weighted by Gasteiger charge is 2.71. The second-order valence-corrected chi connectivity index (χ2v) is 8.40. The SMILES string of the molecule is CCCCCc1cc(O)c2c(c1)O[C@]1(O)CCC3[C@@H]1[C@@H]2C3(C)C. The van der Waals surface area contributed by atoms with Crippen molar-refractivity contribution in [2.75, 3.05) is 0 Å². The summed E-state index contributed by atoms with van der Waals surface area (Å²) in [7, 11) is 0. The maximum atomic E-state index is 11.0. The van der Waals surface area contributed by atoms with Crippen molar-refractivity contribution in [1.82, 2.24) is 0 Å². The average Bonchev–Trinajstić information content (AvgIpc) is 2.81. The lowest BCUT2D eigenvalue weighted by atomic mass is 9.46. The molecule has 0 aromatic heterocycles. The molecule has 1 aliphatic heterocycles. The number of aliphatic hydroxyl groups is 1. The van der Waals surface area contributed by atoms with Gasteiger partial charge in [-0.05, 0) is 48.3 Å². The molecule has 4 rings (SSSR count). The highest BCUT2D eigenvalue weighted by Crippen LogP contribution is 2.73. The molecule has 0 radical (unpaired) electrons. The molecule has 3 heteroatoms. The molecule has 4 atom stereocenters. The van der Waals surface area contributed by atoms with Crippen LogP contribution >= 0.6 is 0 Å².